The number of aliphatic carboxylic acids is 1. The molecule has 5 N–H and O–H groups in total. The van der Waals surface area contributed by atoms with E-state index < -0.39 is 12.0 Å². The predicted molar refractivity (Wildman–Crippen MR) is 76.4 cm³/mol. The molecule has 2 rings (SSSR count). The molecule has 7 heteroatoms. The number of nitrogens with two attached hydrogens (primary N) is 1. The van der Waals surface area contributed by atoms with E-state index in [9.17, 15) is 14.7 Å². The van der Waals surface area contributed by atoms with Crippen molar-refractivity contribution in [3.05, 3.63) is 18.2 Å². The fraction of sp³-hybridized carbons (Fsp3) is 0.643. The van der Waals surface area contributed by atoms with Gasteiger partial charge < -0.3 is 21.1 Å². The van der Waals surface area contributed by atoms with E-state index >= 15 is 0 Å². The Morgan fingerprint density at radius 1 is 1.43 bits per heavy atom. The lowest BCUT2D eigenvalue weighted by Crippen LogP contribution is -2.45. The maximum Gasteiger partial charge on any atom is 0.326 e. The molecule has 0 aromatic carbocycles. The fourth-order valence-corrected chi connectivity index (χ4v) is 2.77. The van der Waals surface area contributed by atoms with Crippen LogP contribution in [0.25, 0.3) is 0 Å². The van der Waals surface area contributed by atoms with Gasteiger partial charge in [0, 0.05) is 24.2 Å². The molecule has 1 amide bonds. The molecule has 1 aromatic rings. The molecule has 1 aromatic heterocycles. The Morgan fingerprint density at radius 3 is 2.67 bits per heavy atom. The summed E-state index contributed by atoms with van der Waals surface area (Å²) in [6.07, 6.45) is 6.70. The van der Waals surface area contributed by atoms with Gasteiger partial charge in [-0.1, -0.05) is 0 Å². The zero-order valence-corrected chi connectivity index (χ0v) is 11.9. The molecule has 0 spiro atoms. The van der Waals surface area contributed by atoms with Gasteiger partial charge in [-0.15, -0.1) is 0 Å². The minimum Gasteiger partial charge on any atom is -0.480 e. The molecule has 0 bridgehead atoms. The number of hydrogen-bond acceptors (Lipinski definition) is 4. The minimum absolute atomic E-state index is 0.101. The molecular formula is C14H22N4O3. The average molecular weight is 294 g/mol. The van der Waals surface area contributed by atoms with Gasteiger partial charge in [-0.25, -0.2) is 9.78 Å². The number of carboxylic acid groups (broad SMARTS) is 1. The van der Waals surface area contributed by atoms with Crippen LogP contribution in [0.2, 0.25) is 0 Å². The highest BCUT2D eigenvalue weighted by molar-refractivity contribution is 5.85. The molecule has 0 aliphatic heterocycles. The topological polar surface area (TPSA) is 121 Å². The lowest BCUT2D eigenvalue weighted by atomic mass is 9.81. The molecule has 0 unspecified atom stereocenters. The summed E-state index contributed by atoms with van der Waals surface area (Å²) in [7, 11) is 0. The van der Waals surface area contributed by atoms with Crippen LogP contribution >= 0.6 is 0 Å². The van der Waals surface area contributed by atoms with Crippen molar-refractivity contribution in [3.63, 3.8) is 0 Å². The number of carbonyl (C=O) groups excluding carboxylic acids is 1. The number of rotatable bonds is 6. The number of aromatic amines is 1. The van der Waals surface area contributed by atoms with Crippen LogP contribution in [0, 0.1) is 11.8 Å². The quantitative estimate of drug-likeness (QED) is 0.600. The first-order valence-corrected chi connectivity index (χ1v) is 7.30. The molecule has 1 aliphatic carbocycles. The third kappa shape index (κ3) is 4.29. The van der Waals surface area contributed by atoms with Gasteiger partial charge in [-0.05, 0) is 38.1 Å². The van der Waals surface area contributed by atoms with Crippen molar-refractivity contribution in [2.75, 3.05) is 6.54 Å². The summed E-state index contributed by atoms with van der Waals surface area (Å²) in [5, 5.41) is 11.9. The van der Waals surface area contributed by atoms with Crippen molar-refractivity contribution in [1.82, 2.24) is 15.3 Å². The fourth-order valence-electron chi connectivity index (χ4n) is 2.77. The number of nitrogens with one attached hydrogen (secondary N) is 2. The molecule has 21 heavy (non-hydrogen) atoms. The largest absolute Gasteiger partial charge is 0.480 e. The first-order valence-electron chi connectivity index (χ1n) is 7.30. The average Bonchev–Trinajstić information content (AvgIpc) is 2.99. The zero-order chi connectivity index (χ0) is 15.2. The molecule has 0 saturated heterocycles. The third-order valence-electron chi connectivity index (χ3n) is 4.14. The number of aromatic nitrogens is 2. The highest BCUT2D eigenvalue weighted by Gasteiger charge is 2.29. The minimum atomic E-state index is -1.03. The van der Waals surface area contributed by atoms with Gasteiger partial charge in [0.25, 0.3) is 0 Å². The summed E-state index contributed by atoms with van der Waals surface area (Å²) < 4.78 is 0. The van der Waals surface area contributed by atoms with Crippen LogP contribution in [0.3, 0.4) is 0 Å². The molecule has 0 radical (unpaired) electrons. The van der Waals surface area contributed by atoms with Crippen LogP contribution in [0.5, 0.6) is 0 Å². The number of carboxylic acids is 1. The van der Waals surface area contributed by atoms with Crippen LogP contribution in [0.15, 0.2) is 12.5 Å². The van der Waals surface area contributed by atoms with Crippen molar-refractivity contribution in [1.29, 1.82) is 0 Å². The van der Waals surface area contributed by atoms with Gasteiger partial charge in [-0.2, -0.15) is 0 Å². The summed E-state index contributed by atoms with van der Waals surface area (Å²) >= 11 is 0. The Hall–Kier alpha value is -1.89. The Bertz CT molecular complexity index is 467. The maximum absolute atomic E-state index is 12.2. The second-order valence-corrected chi connectivity index (χ2v) is 5.63. The summed E-state index contributed by atoms with van der Waals surface area (Å²) in [5.41, 5.74) is 6.32. The van der Waals surface area contributed by atoms with Crippen molar-refractivity contribution in [2.24, 2.45) is 17.6 Å². The maximum atomic E-state index is 12.2. The first kappa shape index (κ1) is 15.5. The Labute approximate surface area is 123 Å². The molecule has 1 fully saturated rings. The van der Waals surface area contributed by atoms with E-state index in [0.717, 1.165) is 25.7 Å². The van der Waals surface area contributed by atoms with Crippen molar-refractivity contribution < 1.29 is 14.7 Å². The highest BCUT2D eigenvalue weighted by atomic mass is 16.4. The molecule has 1 atom stereocenters. The first-order chi connectivity index (χ1) is 10.1. The Kier molecular flexibility index (Phi) is 5.32. The van der Waals surface area contributed by atoms with Crippen LogP contribution in [0.1, 0.15) is 31.4 Å². The monoisotopic (exact) mass is 294 g/mol. The van der Waals surface area contributed by atoms with E-state index in [2.05, 4.69) is 15.3 Å². The number of carbonyl (C=O) groups is 2. The zero-order valence-electron chi connectivity index (χ0n) is 11.9. The molecule has 116 valence electrons. The number of nitrogens with zero attached hydrogens (tertiary/aromatic N) is 1. The van der Waals surface area contributed by atoms with E-state index in [4.69, 9.17) is 5.73 Å². The standard InChI is InChI=1S/C14H22N4O3/c15-6-9-1-3-10(4-2-9)13(19)18-12(14(20)21)5-11-7-16-8-17-11/h7-10,12H,1-6,15H2,(H,16,17)(H,18,19)(H,20,21)/t9?,10?,12-/m1/s1. The Balaban J connectivity index is 1.88. The summed E-state index contributed by atoms with van der Waals surface area (Å²) in [6.45, 7) is 0.659. The van der Waals surface area contributed by atoms with E-state index in [0.29, 0.717) is 18.2 Å². The lowest BCUT2D eigenvalue weighted by Gasteiger charge is -2.27. The number of hydrogen-bond donors (Lipinski definition) is 4. The van der Waals surface area contributed by atoms with Crippen LogP contribution in [-0.4, -0.2) is 39.5 Å². The van der Waals surface area contributed by atoms with Crippen LogP contribution in [0.4, 0.5) is 0 Å². The molecule has 1 aliphatic rings. The van der Waals surface area contributed by atoms with Crippen LogP contribution < -0.4 is 11.1 Å². The summed E-state index contributed by atoms with van der Waals surface area (Å²) in [5.74, 6) is -0.809. The van der Waals surface area contributed by atoms with Crippen molar-refractivity contribution in [3.8, 4) is 0 Å². The second kappa shape index (κ2) is 7.21. The van der Waals surface area contributed by atoms with Gasteiger partial charge >= 0.3 is 5.97 Å². The SMILES string of the molecule is NCC1CCC(C(=O)N[C@H](Cc2cnc[nH]2)C(=O)O)CC1. The van der Waals surface area contributed by atoms with Gasteiger partial charge in [0.05, 0.1) is 6.33 Å². The van der Waals surface area contributed by atoms with Crippen molar-refractivity contribution >= 4 is 11.9 Å². The van der Waals surface area contributed by atoms with Gasteiger partial charge in [0.1, 0.15) is 6.04 Å². The molecule has 1 heterocycles. The van der Waals surface area contributed by atoms with Gasteiger partial charge in [0.15, 0.2) is 0 Å². The second-order valence-electron chi connectivity index (χ2n) is 5.63. The summed E-state index contributed by atoms with van der Waals surface area (Å²) in [6, 6.07) is -0.926. The van der Waals surface area contributed by atoms with Gasteiger partial charge in [-0.3, -0.25) is 4.79 Å². The van der Waals surface area contributed by atoms with Crippen molar-refractivity contribution in [2.45, 2.75) is 38.1 Å². The normalized spacial score (nSPS) is 23.5. The third-order valence-corrected chi connectivity index (χ3v) is 4.14. The smallest absolute Gasteiger partial charge is 0.326 e. The Morgan fingerprint density at radius 2 is 2.14 bits per heavy atom. The van der Waals surface area contributed by atoms with E-state index in [1.54, 1.807) is 6.20 Å². The number of H-pyrrole nitrogens is 1. The van der Waals surface area contributed by atoms with E-state index in [1.807, 2.05) is 0 Å². The molecule has 1 saturated carbocycles. The highest BCUT2D eigenvalue weighted by Crippen LogP contribution is 2.28. The summed E-state index contributed by atoms with van der Waals surface area (Å²) in [4.78, 5) is 30.2. The van der Waals surface area contributed by atoms with Gasteiger partial charge in [0.2, 0.25) is 5.91 Å². The molecular weight excluding hydrogens is 272 g/mol. The predicted octanol–water partition coefficient (Wildman–Crippen LogP) is 0.287. The number of imidazole rings is 1. The number of amides is 1. The van der Waals surface area contributed by atoms with E-state index in [1.165, 1.54) is 6.33 Å². The lowest BCUT2D eigenvalue weighted by molar-refractivity contribution is -0.142. The van der Waals surface area contributed by atoms with Crippen LogP contribution in [-0.2, 0) is 16.0 Å². The van der Waals surface area contributed by atoms with E-state index in [-0.39, 0.29) is 18.2 Å². The molecule has 7 nitrogen and oxygen atoms in total.